The van der Waals surface area contributed by atoms with Gasteiger partial charge < -0.3 is 4.90 Å². The molecular formula is C12H21F2N. The van der Waals surface area contributed by atoms with Gasteiger partial charge in [-0.05, 0) is 17.8 Å². The maximum absolute atomic E-state index is 12.5. The molecule has 0 radical (unpaired) electrons. The molecule has 3 heteroatoms. The summed E-state index contributed by atoms with van der Waals surface area (Å²) in [6, 6.07) is 0. The first-order chi connectivity index (χ1) is 6.97. The van der Waals surface area contributed by atoms with Crippen LogP contribution in [-0.4, -0.2) is 24.4 Å². The van der Waals surface area contributed by atoms with E-state index in [2.05, 4.69) is 27.4 Å². The van der Waals surface area contributed by atoms with E-state index in [4.69, 9.17) is 0 Å². The van der Waals surface area contributed by atoms with E-state index >= 15 is 0 Å². The topological polar surface area (TPSA) is 3.24 Å². The number of allylic oxidation sites excluding steroid dienone is 1. The van der Waals surface area contributed by atoms with Crippen molar-refractivity contribution in [2.24, 2.45) is 17.8 Å². The number of halogens is 2. The normalized spacial score (nSPS) is 26.7. The Morgan fingerprint density at radius 3 is 2.33 bits per heavy atom. The van der Waals surface area contributed by atoms with Gasteiger partial charge in [0.25, 0.3) is 6.43 Å². The van der Waals surface area contributed by atoms with Crippen molar-refractivity contribution in [3.8, 4) is 0 Å². The summed E-state index contributed by atoms with van der Waals surface area (Å²) in [5, 5.41) is 0. The fraction of sp³-hybridized carbons (Fsp3) is 0.833. The molecule has 0 spiro atoms. The Hall–Kier alpha value is -0.600. The third-order valence-electron chi connectivity index (χ3n) is 3.53. The van der Waals surface area contributed by atoms with Crippen LogP contribution in [0.15, 0.2) is 12.3 Å². The fourth-order valence-corrected chi connectivity index (χ4v) is 2.46. The van der Waals surface area contributed by atoms with Crippen molar-refractivity contribution in [1.29, 1.82) is 0 Å². The van der Waals surface area contributed by atoms with Gasteiger partial charge in [0.2, 0.25) is 0 Å². The zero-order valence-corrected chi connectivity index (χ0v) is 9.84. The van der Waals surface area contributed by atoms with Crippen molar-refractivity contribution in [2.45, 2.75) is 33.6 Å². The Morgan fingerprint density at radius 1 is 1.40 bits per heavy atom. The fourth-order valence-electron chi connectivity index (χ4n) is 2.46. The second-order valence-electron chi connectivity index (χ2n) is 4.77. The van der Waals surface area contributed by atoms with E-state index in [1.165, 1.54) is 0 Å². The van der Waals surface area contributed by atoms with Crippen LogP contribution >= 0.6 is 0 Å². The first-order valence-electron chi connectivity index (χ1n) is 5.69. The van der Waals surface area contributed by atoms with Crippen LogP contribution in [0.4, 0.5) is 8.78 Å². The third kappa shape index (κ3) is 2.70. The van der Waals surface area contributed by atoms with Crippen LogP contribution in [0, 0.1) is 17.8 Å². The minimum atomic E-state index is -2.41. The highest BCUT2D eigenvalue weighted by molar-refractivity contribution is 5.02. The molecule has 0 aromatic carbocycles. The maximum atomic E-state index is 12.5. The van der Waals surface area contributed by atoms with Gasteiger partial charge in [0.1, 0.15) is 0 Å². The second kappa shape index (κ2) is 4.95. The molecule has 15 heavy (non-hydrogen) atoms. The lowest BCUT2D eigenvalue weighted by Crippen LogP contribution is -2.24. The van der Waals surface area contributed by atoms with Gasteiger partial charge >= 0.3 is 0 Å². The number of alkyl halides is 2. The highest BCUT2D eigenvalue weighted by Crippen LogP contribution is 2.34. The summed E-state index contributed by atoms with van der Waals surface area (Å²) in [5.41, 5.74) is -0.00315. The van der Waals surface area contributed by atoms with Gasteiger partial charge in [0, 0.05) is 13.1 Å². The Labute approximate surface area is 91.1 Å². The van der Waals surface area contributed by atoms with Gasteiger partial charge in [-0.3, -0.25) is 0 Å². The molecule has 1 aliphatic heterocycles. The van der Waals surface area contributed by atoms with Crippen molar-refractivity contribution >= 4 is 0 Å². The van der Waals surface area contributed by atoms with Crippen LogP contribution < -0.4 is 0 Å². The van der Waals surface area contributed by atoms with Gasteiger partial charge in [-0.2, -0.15) is 0 Å². The lowest BCUT2D eigenvalue weighted by molar-refractivity contribution is 0.146. The van der Waals surface area contributed by atoms with Gasteiger partial charge in [0.15, 0.2) is 0 Å². The van der Waals surface area contributed by atoms with Crippen LogP contribution in [0.2, 0.25) is 0 Å². The number of likely N-dealkylation sites (tertiary alicyclic amines) is 1. The minimum Gasteiger partial charge on any atom is -0.370 e. The van der Waals surface area contributed by atoms with Crippen molar-refractivity contribution in [3.63, 3.8) is 0 Å². The SMILES string of the molecule is C=C(C(F)F)N1CC(CC)C(C(C)C)C1. The molecule has 1 saturated heterocycles. The van der Waals surface area contributed by atoms with Crippen molar-refractivity contribution < 1.29 is 8.78 Å². The van der Waals surface area contributed by atoms with E-state index in [1.807, 2.05) is 0 Å². The first kappa shape index (κ1) is 12.5. The van der Waals surface area contributed by atoms with Gasteiger partial charge in [-0.15, -0.1) is 0 Å². The summed E-state index contributed by atoms with van der Waals surface area (Å²) in [5.74, 6) is 1.64. The monoisotopic (exact) mass is 217 g/mol. The van der Waals surface area contributed by atoms with E-state index in [0.29, 0.717) is 17.8 Å². The zero-order valence-electron chi connectivity index (χ0n) is 9.84. The standard InChI is InChI=1S/C12H21F2N/c1-5-10-6-15(9(4)12(13)14)7-11(10)8(2)3/h8,10-12H,4-7H2,1-3H3. The molecule has 88 valence electrons. The Bertz CT molecular complexity index is 226. The molecule has 1 heterocycles. The zero-order chi connectivity index (χ0) is 11.6. The molecule has 0 aromatic heterocycles. The molecule has 0 aliphatic carbocycles. The van der Waals surface area contributed by atoms with Gasteiger partial charge in [-0.1, -0.05) is 33.8 Å². The van der Waals surface area contributed by atoms with Crippen molar-refractivity contribution in [1.82, 2.24) is 4.90 Å². The van der Waals surface area contributed by atoms with E-state index in [9.17, 15) is 8.78 Å². The lowest BCUT2D eigenvalue weighted by Gasteiger charge is -2.21. The third-order valence-corrected chi connectivity index (χ3v) is 3.53. The molecule has 2 atom stereocenters. The minimum absolute atomic E-state index is 0.00315. The largest absolute Gasteiger partial charge is 0.370 e. The summed E-state index contributed by atoms with van der Waals surface area (Å²) in [6.45, 7) is 11.4. The molecule has 0 aromatic rings. The van der Waals surface area contributed by atoms with Crippen molar-refractivity contribution in [3.05, 3.63) is 12.3 Å². The van der Waals surface area contributed by atoms with Crippen LogP contribution in [0.3, 0.4) is 0 Å². The first-order valence-corrected chi connectivity index (χ1v) is 5.69. The average Bonchev–Trinajstić information content (AvgIpc) is 2.59. The predicted molar refractivity (Wildman–Crippen MR) is 58.8 cm³/mol. The summed E-state index contributed by atoms with van der Waals surface area (Å²) in [4.78, 5) is 1.77. The van der Waals surface area contributed by atoms with Crippen LogP contribution in [-0.2, 0) is 0 Å². The molecular weight excluding hydrogens is 196 g/mol. The highest BCUT2D eigenvalue weighted by Gasteiger charge is 2.35. The van der Waals surface area contributed by atoms with Crippen LogP contribution in [0.1, 0.15) is 27.2 Å². The van der Waals surface area contributed by atoms with Gasteiger partial charge in [0.05, 0.1) is 5.70 Å². The molecule has 1 fully saturated rings. The molecule has 2 unspecified atom stereocenters. The molecule has 0 saturated carbocycles. The van der Waals surface area contributed by atoms with E-state index in [1.54, 1.807) is 4.90 Å². The smallest absolute Gasteiger partial charge is 0.277 e. The van der Waals surface area contributed by atoms with Crippen LogP contribution in [0.25, 0.3) is 0 Å². The number of nitrogens with zero attached hydrogens (tertiary/aromatic N) is 1. The van der Waals surface area contributed by atoms with E-state index in [-0.39, 0.29) is 5.70 Å². The maximum Gasteiger partial charge on any atom is 0.277 e. The summed E-state index contributed by atoms with van der Waals surface area (Å²) in [6.07, 6.45) is -1.34. The molecule has 0 N–H and O–H groups in total. The molecule has 1 nitrogen and oxygen atoms in total. The molecule has 0 amide bonds. The highest BCUT2D eigenvalue weighted by atomic mass is 19.3. The summed E-state index contributed by atoms with van der Waals surface area (Å²) in [7, 11) is 0. The molecule has 0 bridgehead atoms. The number of hydrogen-bond acceptors (Lipinski definition) is 1. The second-order valence-corrected chi connectivity index (χ2v) is 4.77. The molecule has 1 aliphatic rings. The average molecular weight is 217 g/mol. The summed E-state index contributed by atoms with van der Waals surface area (Å²) >= 11 is 0. The molecule has 1 rings (SSSR count). The number of hydrogen-bond donors (Lipinski definition) is 0. The van der Waals surface area contributed by atoms with E-state index in [0.717, 1.165) is 19.5 Å². The van der Waals surface area contributed by atoms with Crippen molar-refractivity contribution in [2.75, 3.05) is 13.1 Å². The quantitative estimate of drug-likeness (QED) is 0.697. The Kier molecular flexibility index (Phi) is 4.12. The Morgan fingerprint density at radius 2 is 2.00 bits per heavy atom. The predicted octanol–water partition coefficient (Wildman–Crippen LogP) is 3.38. The van der Waals surface area contributed by atoms with Gasteiger partial charge in [-0.25, -0.2) is 8.78 Å². The lowest BCUT2D eigenvalue weighted by atomic mass is 9.85. The van der Waals surface area contributed by atoms with Crippen LogP contribution in [0.5, 0.6) is 0 Å². The summed E-state index contributed by atoms with van der Waals surface area (Å²) < 4.78 is 25.0. The van der Waals surface area contributed by atoms with E-state index < -0.39 is 6.43 Å². The Balaban J connectivity index is 2.64. The number of rotatable bonds is 4.